The second kappa shape index (κ2) is 11.2. The molecule has 23 heavy (non-hydrogen) atoms. The van der Waals surface area contributed by atoms with Gasteiger partial charge in [0, 0.05) is 17.7 Å². The first kappa shape index (κ1) is 18.6. The fourth-order valence-corrected chi connectivity index (χ4v) is 1.56. The fourth-order valence-electron chi connectivity index (χ4n) is 1.56. The lowest BCUT2D eigenvalue weighted by Crippen LogP contribution is -2.17. The Morgan fingerprint density at radius 2 is 1.35 bits per heavy atom. The maximum absolute atomic E-state index is 10.9. The lowest BCUT2D eigenvalue weighted by atomic mass is 10.2. The van der Waals surface area contributed by atoms with E-state index in [0.29, 0.717) is 0 Å². The largest absolute Gasteiger partial charge is 0.460 e. The van der Waals surface area contributed by atoms with Crippen molar-refractivity contribution >= 4 is 11.9 Å². The van der Waals surface area contributed by atoms with Crippen molar-refractivity contribution in [1.29, 1.82) is 0 Å². The summed E-state index contributed by atoms with van der Waals surface area (Å²) in [6.45, 7) is 7.10. The van der Waals surface area contributed by atoms with Crippen LogP contribution < -0.4 is 0 Å². The molecule has 0 radical (unpaired) electrons. The van der Waals surface area contributed by atoms with Crippen LogP contribution in [0.5, 0.6) is 0 Å². The van der Waals surface area contributed by atoms with Gasteiger partial charge in [0.1, 0.15) is 13.2 Å². The highest BCUT2D eigenvalue weighted by Gasteiger charge is 2.12. The molecule has 0 fully saturated rings. The van der Waals surface area contributed by atoms with Gasteiger partial charge < -0.3 is 18.9 Å². The van der Waals surface area contributed by atoms with E-state index in [1.165, 1.54) is 0 Å². The second-order valence-corrected chi connectivity index (χ2v) is 4.23. The number of carbonyl (C=O) groups is 2. The molecule has 0 aromatic heterocycles. The first-order valence-electron chi connectivity index (χ1n) is 7.04. The van der Waals surface area contributed by atoms with E-state index in [1.54, 1.807) is 0 Å². The maximum Gasteiger partial charge on any atom is 0.330 e. The molecule has 0 aliphatic rings. The van der Waals surface area contributed by atoms with Crippen molar-refractivity contribution in [2.75, 3.05) is 26.4 Å². The summed E-state index contributed by atoms with van der Waals surface area (Å²) in [7, 11) is 0. The Morgan fingerprint density at radius 3 is 1.78 bits per heavy atom. The van der Waals surface area contributed by atoms with Gasteiger partial charge in [0.05, 0.1) is 13.2 Å². The smallest absolute Gasteiger partial charge is 0.330 e. The molecule has 0 bridgehead atoms. The Hall–Kier alpha value is -2.44. The highest BCUT2D eigenvalue weighted by atomic mass is 16.7. The van der Waals surface area contributed by atoms with E-state index in [-0.39, 0.29) is 26.4 Å². The highest BCUT2D eigenvalue weighted by Crippen LogP contribution is 2.18. The van der Waals surface area contributed by atoms with Crippen molar-refractivity contribution in [2.45, 2.75) is 6.29 Å². The molecule has 0 aliphatic heterocycles. The minimum absolute atomic E-state index is 0.0863. The average Bonchev–Trinajstić information content (AvgIpc) is 2.60. The molecule has 0 saturated carbocycles. The number of esters is 2. The van der Waals surface area contributed by atoms with E-state index in [4.69, 9.17) is 18.9 Å². The van der Waals surface area contributed by atoms with Crippen LogP contribution >= 0.6 is 0 Å². The summed E-state index contributed by atoms with van der Waals surface area (Å²) in [5.41, 5.74) is 0.803. The topological polar surface area (TPSA) is 71.1 Å². The third kappa shape index (κ3) is 7.94. The van der Waals surface area contributed by atoms with Crippen LogP contribution in [-0.2, 0) is 28.5 Å². The molecule has 1 aromatic rings. The first-order chi connectivity index (χ1) is 11.2. The minimum Gasteiger partial charge on any atom is -0.460 e. The molecular weight excluding hydrogens is 300 g/mol. The molecular formula is C17H20O6. The van der Waals surface area contributed by atoms with E-state index in [0.717, 1.165) is 17.7 Å². The first-order valence-corrected chi connectivity index (χ1v) is 7.04. The van der Waals surface area contributed by atoms with E-state index in [9.17, 15) is 9.59 Å². The Balaban J connectivity index is 2.43. The summed E-state index contributed by atoms with van der Waals surface area (Å²) < 4.78 is 20.8. The molecule has 1 rings (SSSR count). The van der Waals surface area contributed by atoms with Crippen molar-refractivity contribution < 1.29 is 28.5 Å². The lowest BCUT2D eigenvalue weighted by Gasteiger charge is -2.19. The lowest BCUT2D eigenvalue weighted by molar-refractivity contribution is -0.169. The second-order valence-electron chi connectivity index (χ2n) is 4.23. The van der Waals surface area contributed by atoms with Crippen molar-refractivity contribution in [3.8, 4) is 0 Å². The van der Waals surface area contributed by atoms with E-state index in [1.807, 2.05) is 30.3 Å². The molecule has 0 heterocycles. The van der Waals surface area contributed by atoms with Crippen molar-refractivity contribution in [3.05, 3.63) is 61.2 Å². The molecule has 6 heteroatoms. The summed E-state index contributed by atoms with van der Waals surface area (Å²) in [5.74, 6) is -1.02. The predicted molar refractivity (Wildman–Crippen MR) is 83.4 cm³/mol. The number of benzene rings is 1. The number of hydrogen-bond acceptors (Lipinski definition) is 6. The van der Waals surface area contributed by atoms with Crippen LogP contribution in [0.4, 0.5) is 0 Å². The fraction of sp³-hybridized carbons (Fsp3) is 0.294. The number of ether oxygens (including phenoxy) is 4. The monoisotopic (exact) mass is 320 g/mol. The summed E-state index contributed by atoms with van der Waals surface area (Å²) >= 11 is 0. The average molecular weight is 320 g/mol. The van der Waals surface area contributed by atoms with E-state index >= 15 is 0 Å². The van der Waals surface area contributed by atoms with E-state index in [2.05, 4.69) is 13.2 Å². The molecule has 0 saturated heterocycles. The number of hydrogen-bond donors (Lipinski definition) is 0. The Kier molecular flexibility index (Phi) is 9.04. The van der Waals surface area contributed by atoms with Gasteiger partial charge in [0.15, 0.2) is 6.29 Å². The summed E-state index contributed by atoms with van der Waals surface area (Å²) in [5, 5.41) is 0. The van der Waals surface area contributed by atoms with Crippen molar-refractivity contribution in [1.82, 2.24) is 0 Å². The van der Waals surface area contributed by atoms with Gasteiger partial charge in [0.2, 0.25) is 0 Å². The van der Waals surface area contributed by atoms with Gasteiger partial charge >= 0.3 is 11.9 Å². The quantitative estimate of drug-likeness (QED) is 0.269. The maximum atomic E-state index is 10.9. The normalized spacial score (nSPS) is 10.1. The Morgan fingerprint density at radius 1 is 0.870 bits per heavy atom. The number of carbonyl (C=O) groups excluding carboxylic acids is 2. The van der Waals surface area contributed by atoms with Crippen LogP contribution in [0, 0.1) is 0 Å². The Bertz CT molecular complexity index is 483. The molecule has 0 amide bonds. The minimum atomic E-state index is -0.652. The molecule has 124 valence electrons. The van der Waals surface area contributed by atoms with Crippen LogP contribution in [0.15, 0.2) is 55.6 Å². The van der Waals surface area contributed by atoms with Crippen molar-refractivity contribution in [2.24, 2.45) is 0 Å². The van der Waals surface area contributed by atoms with Gasteiger partial charge in [-0.2, -0.15) is 0 Å². The third-order valence-corrected chi connectivity index (χ3v) is 2.60. The molecule has 6 nitrogen and oxygen atoms in total. The summed E-state index contributed by atoms with van der Waals surface area (Å²) in [6.07, 6.45) is 1.51. The molecule has 0 aliphatic carbocycles. The van der Waals surface area contributed by atoms with Crippen LogP contribution in [0.2, 0.25) is 0 Å². The zero-order valence-corrected chi connectivity index (χ0v) is 12.8. The summed E-state index contributed by atoms with van der Waals surface area (Å²) in [4.78, 5) is 21.9. The van der Waals surface area contributed by atoms with Crippen LogP contribution in [-0.4, -0.2) is 38.4 Å². The Labute approximate surface area is 135 Å². The van der Waals surface area contributed by atoms with Crippen molar-refractivity contribution in [3.63, 3.8) is 0 Å². The molecule has 1 aromatic carbocycles. The molecule has 0 spiro atoms. The van der Waals surface area contributed by atoms with Crippen LogP contribution in [0.25, 0.3) is 0 Å². The zero-order chi connectivity index (χ0) is 16.9. The van der Waals surface area contributed by atoms with Gasteiger partial charge in [-0.25, -0.2) is 9.59 Å². The molecule has 0 N–H and O–H groups in total. The zero-order valence-electron chi connectivity index (χ0n) is 12.8. The van der Waals surface area contributed by atoms with Gasteiger partial charge in [-0.05, 0) is 0 Å². The van der Waals surface area contributed by atoms with Gasteiger partial charge in [-0.15, -0.1) is 0 Å². The van der Waals surface area contributed by atoms with Crippen LogP contribution in [0.3, 0.4) is 0 Å². The predicted octanol–water partition coefficient (Wildman–Crippen LogP) is 2.18. The molecule has 0 unspecified atom stereocenters. The van der Waals surface area contributed by atoms with Gasteiger partial charge in [-0.1, -0.05) is 43.5 Å². The third-order valence-electron chi connectivity index (χ3n) is 2.60. The number of rotatable bonds is 11. The van der Waals surface area contributed by atoms with Gasteiger partial charge in [-0.3, -0.25) is 0 Å². The molecule has 0 atom stereocenters. The standard InChI is InChI=1S/C17H20O6/c1-3-15(18)20-10-12-22-17(14-8-6-5-7-9-14)23-13-11-21-16(19)4-2/h3-9,17H,1-2,10-13H2. The van der Waals surface area contributed by atoms with E-state index < -0.39 is 18.2 Å². The van der Waals surface area contributed by atoms with Gasteiger partial charge in [0.25, 0.3) is 0 Å². The summed E-state index contributed by atoms with van der Waals surface area (Å²) in [6, 6.07) is 9.26. The highest BCUT2D eigenvalue weighted by molar-refractivity contribution is 5.81. The SMILES string of the molecule is C=CC(=O)OCCOC(OCCOC(=O)C=C)c1ccccc1. The van der Waals surface area contributed by atoms with Crippen LogP contribution in [0.1, 0.15) is 11.9 Å².